The Morgan fingerprint density at radius 3 is 0.541 bits per heavy atom. The maximum Gasteiger partial charge on any atom is 0.216 e. The number of hydrogen-bond acceptors (Lipinski definition) is 5. The van der Waals surface area contributed by atoms with Gasteiger partial charge in [-0.1, -0.05) is 22.7 Å². The van der Waals surface area contributed by atoms with Gasteiger partial charge in [0.15, 0.2) is 46.5 Å². The first-order chi connectivity index (χ1) is 17.3. The first-order valence-corrected chi connectivity index (χ1v) is 13.1. The Bertz CT molecular complexity index is 1590. The maximum atomic E-state index is 14.7. The predicted molar refractivity (Wildman–Crippen MR) is 117 cm³/mol. The van der Waals surface area contributed by atoms with Crippen molar-refractivity contribution in [2.45, 2.75) is 0 Å². The molecule has 0 radical (unpaired) electrons. The summed E-state index contributed by atoms with van der Waals surface area (Å²) in [6, 6.07) is 0. The van der Waals surface area contributed by atoms with Crippen molar-refractivity contribution in [1.82, 2.24) is 0 Å². The second-order valence-corrected chi connectivity index (χ2v) is 11.8. The van der Waals surface area contributed by atoms with E-state index in [0.717, 1.165) is 0 Å². The maximum absolute atomic E-state index is 14.7. The standard InChI is InChI=1S/C20F12S5/c21-1-2(22)12(14-4(24)6(26)16(35-14)18-8(28)10(30)20(32)37-18)33-11(1)13-3(23)5(25)15(34-13)17-7(27)9(29)19(31)36-17. The summed E-state index contributed by atoms with van der Waals surface area (Å²) in [6.07, 6.45) is 0. The fraction of sp³-hybridized carbons (Fsp3) is 0. The van der Waals surface area contributed by atoms with Gasteiger partial charge in [0.1, 0.15) is 0 Å². The van der Waals surface area contributed by atoms with Gasteiger partial charge in [-0.15, -0.1) is 34.0 Å². The number of hydrogen-bond donors (Lipinski definition) is 0. The predicted octanol–water partition coefficient (Wildman–Crippen LogP) is 10.3. The Kier molecular flexibility index (Phi) is 6.49. The molecule has 0 atom stereocenters. The molecule has 0 unspecified atom stereocenters. The van der Waals surface area contributed by atoms with Gasteiger partial charge in [0.25, 0.3) is 0 Å². The summed E-state index contributed by atoms with van der Waals surface area (Å²) in [6.45, 7) is 0. The van der Waals surface area contributed by atoms with E-state index in [1.807, 2.05) is 0 Å². The zero-order valence-electron chi connectivity index (χ0n) is 16.6. The fourth-order valence-corrected chi connectivity index (χ4v) is 8.29. The fourth-order valence-electron chi connectivity index (χ4n) is 3.07. The average molecular weight is 629 g/mol. The summed E-state index contributed by atoms with van der Waals surface area (Å²) >= 11 is -0.512. The lowest BCUT2D eigenvalue weighted by Crippen LogP contribution is -1.84. The largest absolute Gasteiger partial charge is 0.216 e. The normalized spacial score (nSPS) is 11.8. The van der Waals surface area contributed by atoms with Crippen molar-refractivity contribution < 1.29 is 52.7 Å². The van der Waals surface area contributed by atoms with E-state index in [0.29, 0.717) is 0 Å². The van der Waals surface area contributed by atoms with Crippen LogP contribution >= 0.6 is 56.7 Å². The minimum Gasteiger partial charge on any atom is -0.202 e. The molecule has 194 valence electrons. The SMILES string of the molecule is Fc1sc(-c2sc(-c3sc(-c4sc(-c5sc(F)c(F)c5F)c(F)c4F)c(F)c3F)c(F)c2F)c(F)c1F. The van der Waals surface area contributed by atoms with E-state index < -0.39 is 107 Å². The van der Waals surface area contributed by atoms with Crippen LogP contribution in [-0.2, 0) is 0 Å². The van der Waals surface area contributed by atoms with E-state index in [1.54, 1.807) is 0 Å². The first-order valence-electron chi connectivity index (χ1n) is 9.06. The molecule has 5 heterocycles. The monoisotopic (exact) mass is 628 g/mol. The van der Waals surface area contributed by atoms with Gasteiger partial charge >= 0.3 is 0 Å². The molecule has 5 aromatic heterocycles. The van der Waals surface area contributed by atoms with Crippen LogP contribution in [0.1, 0.15) is 0 Å². The lowest BCUT2D eigenvalue weighted by atomic mass is 10.2. The Balaban J connectivity index is 1.65. The van der Waals surface area contributed by atoms with Crippen molar-refractivity contribution in [3.05, 3.63) is 68.4 Å². The van der Waals surface area contributed by atoms with E-state index >= 15 is 0 Å². The van der Waals surface area contributed by atoms with Gasteiger partial charge in [0, 0.05) is 0 Å². The molecule has 0 aliphatic heterocycles. The average Bonchev–Trinajstić information content (AvgIpc) is 3.57. The Labute approximate surface area is 216 Å². The molecule has 0 nitrogen and oxygen atoms in total. The number of halogens is 12. The summed E-state index contributed by atoms with van der Waals surface area (Å²) in [5.41, 5.74) is 0. The molecule has 0 N–H and O–H groups in total. The van der Waals surface area contributed by atoms with Crippen molar-refractivity contribution in [3.8, 4) is 39.0 Å². The minimum atomic E-state index is -1.96. The molecule has 0 amide bonds. The molecule has 17 heteroatoms. The van der Waals surface area contributed by atoms with E-state index in [2.05, 4.69) is 0 Å². The van der Waals surface area contributed by atoms with Crippen molar-refractivity contribution in [3.63, 3.8) is 0 Å². The van der Waals surface area contributed by atoms with Crippen molar-refractivity contribution in [1.29, 1.82) is 0 Å². The van der Waals surface area contributed by atoms with Crippen LogP contribution in [0.2, 0.25) is 0 Å². The molecule has 0 spiro atoms. The molecular weight excluding hydrogens is 629 g/mol. The molecule has 5 rings (SSSR count). The van der Waals surface area contributed by atoms with Crippen LogP contribution in [0, 0.1) is 68.4 Å². The Hall–Kier alpha value is -2.34. The quantitative estimate of drug-likeness (QED) is 0.174. The lowest BCUT2D eigenvalue weighted by molar-refractivity contribution is 0.468. The van der Waals surface area contributed by atoms with Gasteiger partial charge in [-0.3, -0.25) is 0 Å². The van der Waals surface area contributed by atoms with Crippen LogP contribution in [0.15, 0.2) is 0 Å². The highest BCUT2D eigenvalue weighted by Gasteiger charge is 2.34. The molecule has 0 aliphatic rings. The van der Waals surface area contributed by atoms with Gasteiger partial charge in [0.05, 0.1) is 39.0 Å². The highest BCUT2D eigenvalue weighted by molar-refractivity contribution is 7.29. The third-order valence-corrected chi connectivity index (χ3v) is 10.7. The van der Waals surface area contributed by atoms with Gasteiger partial charge in [-0.2, -0.15) is 17.6 Å². The van der Waals surface area contributed by atoms with Gasteiger partial charge < -0.3 is 0 Å². The number of rotatable bonds is 4. The van der Waals surface area contributed by atoms with E-state index in [-0.39, 0.29) is 56.7 Å². The zero-order valence-corrected chi connectivity index (χ0v) is 20.7. The summed E-state index contributed by atoms with van der Waals surface area (Å²) in [5, 5.41) is -3.35. The molecule has 0 fully saturated rings. The molecule has 0 bridgehead atoms. The molecule has 5 aromatic rings. The molecule has 0 saturated carbocycles. The van der Waals surface area contributed by atoms with Crippen LogP contribution < -0.4 is 0 Å². The van der Waals surface area contributed by atoms with Crippen LogP contribution in [-0.4, -0.2) is 0 Å². The second-order valence-electron chi connectivity index (χ2n) is 6.83. The highest BCUT2D eigenvalue weighted by Crippen LogP contribution is 2.52. The van der Waals surface area contributed by atoms with Crippen LogP contribution in [0.3, 0.4) is 0 Å². The van der Waals surface area contributed by atoms with Crippen molar-refractivity contribution in [2.75, 3.05) is 0 Å². The number of thiophene rings is 5. The molecule has 0 saturated heterocycles. The molecule has 0 aliphatic carbocycles. The lowest BCUT2D eigenvalue weighted by Gasteiger charge is -1.93. The third kappa shape index (κ3) is 3.85. The third-order valence-electron chi connectivity index (χ3n) is 4.72. The summed E-state index contributed by atoms with van der Waals surface area (Å²) in [4.78, 5) is -7.89. The van der Waals surface area contributed by atoms with E-state index in [1.165, 1.54) is 0 Å². The highest BCUT2D eigenvalue weighted by atomic mass is 32.1. The summed E-state index contributed by atoms with van der Waals surface area (Å²) in [5.74, 6) is -18.7. The summed E-state index contributed by atoms with van der Waals surface area (Å²) < 4.78 is 169. The minimum absolute atomic E-state index is 0.0292. The Morgan fingerprint density at radius 2 is 0.378 bits per heavy atom. The van der Waals surface area contributed by atoms with E-state index in [9.17, 15) is 52.7 Å². The van der Waals surface area contributed by atoms with Crippen LogP contribution in [0.4, 0.5) is 52.7 Å². The van der Waals surface area contributed by atoms with Gasteiger partial charge in [0.2, 0.25) is 21.9 Å². The van der Waals surface area contributed by atoms with Crippen molar-refractivity contribution >= 4 is 56.7 Å². The smallest absolute Gasteiger partial charge is 0.202 e. The van der Waals surface area contributed by atoms with Crippen molar-refractivity contribution in [2.24, 2.45) is 0 Å². The second kappa shape index (κ2) is 9.14. The zero-order chi connectivity index (χ0) is 27.1. The summed E-state index contributed by atoms with van der Waals surface area (Å²) in [7, 11) is 0. The molecule has 37 heavy (non-hydrogen) atoms. The first kappa shape index (κ1) is 26.3. The van der Waals surface area contributed by atoms with Crippen LogP contribution in [0.25, 0.3) is 39.0 Å². The van der Waals surface area contributed by atoms with Crippen LogP contribution in [0.5, 0.6) is 0 Å². The van der Waals surface area contributed by atoms with E-state index in [4.69, 9.17) is 0 Å². The van der Waals surface area contributed by atoms with Gasteiger partial charge in [-0.05, 0) is 0 Å². The van der Waals surface area contributed by atoms with Gasteiger partial charge in [-0.25, -0.2) is 35.1 Å². The Morgan fingerprint density at radius 1 is 0.216 bits per heavy atom. The topological polar surface area (TPSA) is 0 Å². The molecular formula is C20F12S5. The molecule has 0 aromatic carbocycles.